The quantitative estimate of drug-likeness (QED) is 0.567. The molecule has 0 aliphatic heterocycles. The molecule has 1 saturated carbocycles. The van der Waals surface area contributed by atoms with Crippen molar-refractivity contribution in [2.75, 3.05) is 0 Å². The molecule has 0 heterocycles. The Labute approximate surface area is 95.2 Å². The van der Waals surface area contributed by atoms with E-state index < -0.39 is 0 Å². The van der Waals surface area contributed by atoms with Crippen molar-refractivity contribution < 1.29 is 0 Å². The molecule has 2 aromatic rings. The summed E-state index contributed by atoms with van der Waals surface area (Å²) in [5.74, 6) is 1.18. The molecule has 0 radical (unpaired) electrons. The molecule has 2 atom stereocenters. The molecule has 1 fully saturated rings. The van der Waals surface area contributed by atoms with Crippen LogP contribution in [0, 0.1) is 0 Å². The van der Waals surface area contributed by atoms with Crippen LogP contribution in [-0.2, 0) is 0 Å². The average molecular weight is 204 g/mol. The molecule has 2 aliphatic carbocycles. The normalized spacial score (nSPS) is 24.4. The van der Waals surface area contributed by atoms with E-state index in [0.717, 1.165) is 0 Å². The summed E-state index contributed by atoms with van der Waals surface area (Å²) >= 11 is 0. The molecule has 0 bridgehead atoms. The van der Waals surface area contributed by atoms with E-state index in [1.807, 2.05) is 0 Å². The van der Waals surface area contributed by atoms with Crippen LogP contribution < -0.4 is 0 Å². The average Bonchev–Trinajstić information content (AvgIpc) is 3.02. The molecule has 76 valence electrons. The topological polar surface area (TPSA) is 0 Å². The van der Waals surface area contributed by atoms with Gasteiger partial charge in [-0.25, -0.2) is 0 Å². The van der Waals surface area contributed by atoms with Gasteiger partial charge in [0.25, 0.3) is 0 Å². The zero-order chi connectivity index (χ0) is 10.7. The molecule has 0 amide bonds. The molecule has 0 nitrogen and oxygen atoms in total. The maximum absolute atomic E-state index is 4.21. The van der Waals surface area contributed by atoms with Crippen LogP contribution in [0.1, 0.15) is 23.0 Å². The van der Waals surface area contributed by atoms with Gasteiger partial charge >= 0.3 is 0 Å². The van der Waals surface area contributed by atoms with Crippen molar-refractivity contribution >= 4 is 0 Å². The Hall–Kier alpha value is -1.82. The minimum atomic E-state index is 0.589. The molecule has 0 heteroatoms. The fourth-order valence-electron chi connectivity index (χ4n) is 3.10. The molecule has 0 saturated heterocycles. The van der Waals surface area contributed by atoms with Gasteiger partial charge in [-0.1, -0.05) is 60.7 Å². The Kier molecular flexibility index (Phi) is 1.38. The first kappa shape index (κ1) is 8.35. The van der Waals surface area contributed by atoms with Crippen molar-refractivity contribution in [1.82, 2.24) is 0 Å². The molecular weight excluding hydrogens is 192 g/mol. The van der Waals surface area contributed by atoms with Gasteiger partial charge in [0.1, 0.15) is 0 Å². The second-order valence-corrected chi connectivity index (χ2v) is 4.70. The SMILES string of the molecule is C=C1C2c3ccccc3-c3ccccc3C12. The summed E-state index contributed by atoms with van der Waals surface area (Å²) in [6.07, 6.45) is 0. The van der Waals surface area contributed by atoms with Crippen molar-refractivity contribution in [2.24, 2.45) is 0 Å². The van der Waals surface area contributed by atoms with Crippen LogP contribution >= 0.6 is 0 Å². The van der Waals surface area contributed by atoms with Crippen molar-refractivity contribution in [1.29, 1.82) is 0 Å². The number of allylic oxidation sites excluding steroid dienone is 1. The van der Waals surface area contributed by atoms with E-state index >= 15 is 0 Å². The molecule has 2 aliphatic rings. The van der Waals surface area contributed by atoms with E-state index in [4.69, 9.17) is 0 Å². The molecule has 2 aromatic carbocycles. The van der Waals surface area contributed by atoms with Crippen LogP contribution in [0.5, 0.6) is 0 Å². The molecule has 0 aromatic heterocycles. The third-order valence-corrected chi connectivity index (χ3v) is 3.91. The zero-order valence-electron chi connectivity index (χ0n) is 8.98. The molecule has 0 N–H and O–H groups in total. The van der Waals surface area contributed by atoms with Crippen LogP contribution in [0.2, 0.25) is 0 Å². The monoisotopic (exact) mass is 204 g/mol. The summed E-state index contributed by atoms with van der Waals surface area (Å²) in [6.45, 7) is 4.21. The Balaban J connectivity index is 2.10. The van der Waals surface area contributed by atoms with Gasteiger partial charge in [0.15, 0.2) is 0 Å². The summed E-state index contributed by atoms with van der Waals surface area (Å²) in [5, 5.41) is 0. The van der Waals surface area contributed by atoms with Crippen LogP contribution in [0.3, 0.4) is 0 Å². The minimum absolute atomic E-state index is 0.589. The lowest BCUT2D eigenvalue weighted by molar-refractivity contribution is 1.01. The van der Waals surface area contributed by atoms with Gasteiger partial charge in [0, 0.05) is 11.8 Å². The van der Waals surface area contributed by atoms with Crippen molar-refractivity contribution in [3.63, 3.8) is 0 Å². The second-order valence-electron chi connectivity index (χ2n) is 4.70. The highest BCUT2D eigenvalue weighted by molar-refractivity contribution is 5.81. The smallest absolute Gasteiger partial charge is 0.0165 e. The number of hydrogen-bond acceptors (Lipinski definition) is 0. The molecule has 0 spiro atoms. The van der Waals surface area contributed by atoms with Gasteiger partial charge in [-0.3, -0.25) is 0 Å². The van der Waals surface area contributed by atoms with Crippen LogP contribution in [0.4, 0.5) is 0 Å². The van der Waals surface area contributed by atoms with Gasteiger partial charge in [-0.05, 0) is 22.3 Å². The lowest BCUT2D eigenvalue weighted by Crippen LogP contribution is -1.98. The summed E-state index contributed by atoms with van der Waals surface area (Å²) in [5.41, 5.74) is 7.13. The van der Waals surface area contributed by atoms with Gasteiger partial charge in [-0.2, -0.15) is 0 Å². The number of rotatable bonds is 0. The zero-order valence-corrected chi connectivity index (χ0v) is 8.98. The minimum Gasteiger partial charge on any atom is -0.0986 e. The third-order valence-electron chi connectivity index (χ3n) is 3.91. The highest BCUT2D eigenvalue weighted by Crippen LogP contribution is 2.65. The summed E-state index contributed by atoms with van der Waals surface area (Å²) < 4.78 is 0. The lowest BCUT2D eigenvalue weighted by atomic mass is 9.86. The van der Waals surface area contributed by atoms with Gasteiger partial charge in [0.2, 0.25) is 0 Å². The summed E-state index contributed by atoms with van der Waals surface area (Å²) in [6, 6.07) is 17.5. The summed E-state index contributed by atoms with van der Waals surface area (Å²) in [4.78, 5) is 0. The Morgan fingerprint density at radius 3 is 1.62 bits per heavy atom. The van der Waals surface area contributed by atoms with Gasteiger partial charge in [0.05, 0.1) is 0 Å². The predicted octanol–water partition coefficient (Wildman–Crippen LogP) is 4.10. The van der Waals surface area contributed by atoms with Crippen molar-refractivity contribution in [3.05, 3.63) is 71.8 Å². The number of fused-ring (bicyclic) bond motifs is 6. The van der Waals surface area contributed by atoms with Crippen molar-refractivity contribution in [2.45, 2.75) is 11.8 Å². The fourth-order valence-corrected chi connectivity index (χ4v) is 3.10. The van der Waals surface area contributed by atoms with E-state index in [0.29, 0.717) is 11.8 Å². The van der Waals surface area contributed by atoms with Gasteiger partial charge < -0.3 is 0 Å². The largest absolute Gasteiger partial charge is 0.0986 e. The summed E-state index contributed by atoms with van der Waals surface area (Å²) in [7, 11) is 0. The van der Waals surface area contributed by atoms with E-state index in [2.05, 4.69) is 55.1 Å². The van der Waals surface area contributed by atoms with E-state index in [9.17, 15) is 0 Å². The Morgan fingerprint density at radius 1 is 0.688 bits per heavy atom. The van der Waals surface area contributed by atoms with Crippen LogP contribution in [0.25, 0.3) is 11.1 Å². The molecule has 16 heavy (non-hydrogen) atoms. The first-order valence-electron chi connectivity index (χ1n) is 5.75. The maximum Gasteiger partial charge on any atom is 0.0165 e. The predicted molar refractivity (Wildman–Crippen MR) is 66.5 cm³/mol. The standard InChI is InChI=1S/C16H12/c1-10-15-13-8-4-2-6-11(13)12-7-3-5-9-14(12)16(10)15/h2-9,15-16H,1H2. The van der Waals surface area contributed by atoms with Crippen LogP contribution in [-0.4, -0.2) is 0 Å². The highest BCUT2D eigenvalue weighted by Gasteiger charge is 2.49. The Bertz CT molecular complexity index is 553. The van der Waals surface area contributed by atoms with Crippen molar-refractivity contribution in [3.8, 4) is 11.1 Å². The maximum atomic E-state index is 4.21. The highest BCUT2D eigenvalue weighted by atomic mass is 14.5. The molecule has 2 unspecified atom stereocenters. The van der Waals surface area contributed by atoms with Crippen LogP contribution in [0.15, 0.2) is 60.7 Å². The molecule has 4 rings (SSSR count). The van der Waals surface area contributed by atoms with Gasteiger partial charge in [-0.15, -0.1) is 0 Å². The first-order chi connectivity index (χ1) is 7.88. The second kappa shape index (κ2) is 2.65. The lowest BCUT2D eigenvalue weighted by Gasteiger charge is -2.18. The van der Waals surface area contributed by atoms with E-state index in [1.165, 1.54) is 27.8 Å². The van der Waals surface area contributed by atoms with E-state index in [-0.39, 0.29) is 0 Å². The Morgan fingerprint density at radius 2 is 1.12 bits per heavy atom. The number of hydrogen-bond donors (Lipinski definition) is 0. The molecular formula is C16H12. The number of benzene rings is 2. The third kappa shape index (κ3) is 0.856. The van der Waals surface area contributed by atoms with E-state index in [1.54, 1.807) is 0 Å². The first-order valence-corrected chi connectivity index (χ1v) is 5.75. The fraction of sp³-hybridized carbons (Fsp3) is 0.125.